The van der Waals surface area contributed by atoms with E-state index in [-0.39, 0.29) is 11.7 Å². The van der Waals surface area contributed by atoms with Gasteiger partial charge in [-0.3, -0.25) is 4.79 Å². The lowest BCUT2D eigenvalue weighted by atomic mass is 10.2. The SMILES string of the molecule is C=CCN(CC)C(=O)c1ccc(O)cc1. The summed E-state index contributed by atoms with van der Waals surface area (Å²) < 4.78 is 0. The van der Waals surface area contributed by atoms with Crippen LogP contribution in [0.3, 0.4) is 0 Å². The number of carbonyl (C=O) groups is 1. The molecule has 0 aliphatic rings. The number of carbonyl (C=O) groups excluding carboxylic acids is 1. The standard InChI is InChI=1S/C12H15NO2/c1-3-9-13(4-2)12(15)10-5-7-11(14)8-6-10/h3,5-8,14H,1,4,9H2,2H3. The minimum Gasteiger partial charge on any atom is -0.508 e. The highest BCUT2D eigenvalue weighted by Gasteiger charge is 2.11. The minimum atomic E-state index is -0.0441. The zero-order valence-electron chi connectivity index (χ0n) is 8.81. The highest BCUT2D eigenvalue weighted by Crippen LogP contribution is 2.11. The summed E-state index contributed by atoms with van der Waals surface area (Å²) in [4.78, 5) is 13.6. The van der Waals surface area contributed by atoms with Crippen molar-refractivity contribution in [1.29, 1.82) is 0 Å². The quantitative estimate of drug-likeness (QED) is 0.764. The Balaban J connectivity index is 2.82. The summed E-state index contributed by atoms with van der Waals surface area (Å²) in [5.41, 5.74) is 0.580. The maximum atomic E-state index is 11.9. The number of phenols is 1. The summed E-state index contributed by atoms with van der Waals surface area (Å²) in [6, 6.07) is 6.25. The molecule has 0 fully saturated rings. The molecule has 0 bridgehead atoms. The van der Waals surface area contributed by atoms with E-state index in [0.29, 0.717) is 18.7 Å². The Bertz CT molecular complexity index is 343. The van der Waals surface area contributed by atoms with E-state index in [0.717, 1.165) is 0 Å². The molecule has 0 saturated heterocycles. The zero-order chi connectivity index (χ0) is 11.3. The molecule has 0 aliphatic heterocycles. The first kappa shape index (κ1) is 11.3. The maximum Gasteiger partial charge on any atom is 0.254 e. The van der Waals surface area contributed by atoms with Crippen LogP contribution in [0.5, 0.6) is 5.75 Å². The van der Waals surface area contributed by atoms with E-state index in [1.807, 2.05) is 6.92 Å². The molecule has 1 aromatic rings. The van der Waals surface area contributed by atoms with Crippen molar-refractivity contribution in [3.05, 3.63) is 42.5 Å². The number of aromatic hydroxyl groups is 1. The van der Waals surface area contributed by atoms with E-state index in [9.17, 15) is 4.79 Å². The number of hydrogen-bond acceptors (Lipinski definition) is 2. The van der Waals surface area contributed by atoms with Crippen LogP contribution < -0.4 is 0 Å². The predicted molar refractivity (Wildman–Crippen MR) is 59.9 cm³/mol. The van der Waals surface area contributed by atoms with Gasteiger partial charge in [-0.1, -0.05) is 6.08 Å². The molecule has 0 spiro atoms. The number of hydrogen-bond donors (Lipinski definition) is 1. The lowest BCUT2D eigenvalue weighted by Gasteiger charge is -2.18. The van der Waals surface area contributed by atoms with E-state index < -0.39 is 0 Å². The minimum absolute atomic E-state index is 0.0441. The van der Waals surface area contributed by atoms with Crippen LogP contribution in [0.1, 0.15) is 17.3 Å². The first-order chi connectivity index (χ1) is 7.19. The second-order valence-corrected chi connectivity index (χ2v) is 3.18. The molecule has 0 aromatic heterocycles. The Morgan fingerprint density at radius 1 is 1.47 bits per heavy atom. The summed E-state index contributed by atoms with van der Waals surface area (Å²) >= 11 is 0. The molecule has 0 radical (unpaired) electrons. The number of benzene rings is 1. The number of phenolic OH excluding ortho intramolecular Hbond substituents is 1. The fourth-order valence-corrected chi connectivity index (χ4v) is 1.30. The fourth-order valence-electron chi connectivity index (χ4n) is 1.30. The predicted octanol–water partition coefficient (Wildman–Crippen LogP) is 2.04. The van der Waals surface area contributed by atoms with Crippen LogP contribution >= 0.6 is 0 Å². The third-order valence-corrected chi connectivity index (χ3v) is 2.13. The van der Waals surface area contributed by atoms with Crippen molar-refractivity contribution in [3.63, 3.8) is 0 Å². The number of rotatable bonds is 4. The lowest BCUT2D eigenvalue weighted by molar-refractivity contribution is 0.0782. The van der Waals surface area contributed by atoms with E-state index in [1.54, 1.807) is 23.1 Å². The van der Waals surface area contributed by atoms with Gasteiger partial charge in [-0.25, -0.2) is 0 Å². The summed E-state index contributed by atoms with van der Waals surface area (Å²) in [6.07, 6.45) is 1.70. The average Bonchev–Trinajstić information content (AvgIpc) is 2.26. The van der Waals surface area contributed by atoms with Crippen molar-refractivity contribution in [2.24, 2.45) is 0 Å². The summed E-state index contributed by atoms with van der Waals surface area (Å²) in [5, 5.41) is 9.10. The van der Waals surface area contributed by atoms with Crippen molar-refractivity contribution in [3.8, 4) is 5.75 Å². The van der Waals surface area contributed by atoms with Crippen molar-refractivity contribution in [2.75, 3.05) is 13.1 Å². The Kier molecular flexibility index (Phi) is 3.92. The van der Waals surface area contributed by atoms with Crippen molar-refractivity contribution in [2.45, 2.75) is 6.92 Å². The third-order valence-electron chi connectivity index (χ3n) is 2.13. The highest BCUT2D eigenvalue weighted by molar-refractivity contribution is 5.94. The zero-order valence-corrected chi connectivity index (χ0v) is 8.81. The molecular formula is C12H15NO2. The van der Waals surface area contributed by atoms with E-state index in [1.165, 1.54) is 12.1 Å². The van der Waals surface area contributed by atoms with Crippen LogP contribution in [-0.4, -0.2) is 29.0 Å². The molecule has 80 valence electrons. The van der Waals surface area contributed by atoms with Gasteiger partial charge in [-0.15, -0.1) is 6.58 Å². The normalized spacial score (nSPS) is 9.67. The van der Waals surface area contributed by atoms with Gasteiger partial charge in [0.2, 0.25) is 0 Å². The van der Waals surface area contributed by atoms with Crippen molar-refractivity contribution < 1.29 is 9.90 Å². The van der Waals surface area contributed by atoms with Gasteiger partial charge in [0.05, 0.1) is 0 Å². The summed E-state index contributed by atoms with van der Waals surface area (Å²) in [7, 11) is 0. The fraction of sp³-hybridized carbons (Fsp3) is 0.250. The highest BCUT2D eigenvalue weighted by atomic mass is 16.3. The molecule has 0 aliphatic carbocycles. The van der Waals surface area contributed by atoms with E-state index >= 15 is 0 Å². The van der Waals surface area contributed by atoms with Gasteiger partial charge < -0.3 is 10.0 Å². The van der Waals surface area contributed by atoms with E-state index in [2.05, 4.69) is 6.58 Å². The molecule has 1 aromatic carbocycles. The molecule has 0 saturated carbocycles. The Labute approximate surface area is 89.6 Å². The smallest absolute Gasteiger partial charge is 0.254 e. The van der Waals surface area contributed by atoms with Gasteiger partial charge >= 0.3 is 0 Å². The number of amides is 1. The summed E-state index contributed by atoms with van der Waals surface area (Å²) in [6.45, 7) is 6.71. The monoisotopic (exact) mass is 205 g/mol. The number of likely N-dealkylation sites (N-methyl/N-ethyl adjacent to an activating group) is 1. The average molecular weight is 205 g/mol. The third kappa shape index (κ3) is 2.84. The number of nitrogens with zero attached hydrogens (tertiary/aromatic N) is 1. The van der Waals surface area contributed by atoms with Crippen LogP contribution in [-0.2, 0) is 0 Å². The largest absolute Gasteiger partial charge is 0.508 e. The Hall–Kier alpha value is -1.77. The first-order valence-corrected chi connectivity index (χ1v) is 4.88. The maximum absolute atomic E-state index is 11.9. The Morgan fingerprint density at radius 2 is 2.07 bits per heavy atom. The second kappa shape index (κ2) is 5.20. The van der Waals surface area contributed by atoms with Crippen LogP contribution in [0.2, 0.25) is 0 Å². The molecule has 15 heavy (non-hydrogen) atoms. The van der Waals surface area contributed by atoms with Crippen molar-refractivity contribution in [1.82, 2.24) is 4.90 Å². The Morgan fingerprint density at radius 3 is 2.53 bits per heavy atom. The first-order valence-electron chi connectivity index (χ1n) is 4.88. The molecule has 1 rings (SSSR count). The molecule has 3 nitrogen and oxygen atoms in total. The molecule has 1 amide bonds. The molecule has 0 unspecified atom stereocenters. The molecule has 1 N–H and O–H groups in total. The topological polar surface area (TPSA) is 40.5 Å². The van der Waals surface area contributed by atoms with Crippen LogP contribution in [0, 0.1) is 0 Å². The molecule has 3 heteroatoms. The van der Waals surface area contributed by atoms with Crippen molar-refractivity contribution >= 4 is 5.91 Å². The van der Waals surface area contributed by atoms with Crippen LogP contribution in [0.15, 0.2) is 36.9 Å². The van der Waals surface area contributed by atoms with Gasteiger partial charge in [0.1, 0.15) is 5.75 Å². The van der Waals surface area contributed by atoms with Gasteiger partial charge in [-0.2, -0.15) is 0 Å². The molecule has 0 heterocycles. The van der Waals surface area contributed by atoms with Crippen LogP contribution in [0.4, 0.5) is 0 Å². The van der Waals surface area contributed by atoms with Gasteiger partial charge in [-0.05, 0) is 31.2 Å². The summed E-state index contributed by atoms with van der Waals surface area (Å²) in [5.74, 6) is 0.121. The molecule has 0 atom stereocenters. The van der Waals surface area contributed by atoms with Gasteiger partial charge in [0, 0.05) is 18.7 Å². The molecular weight excluding hydrogens is 190 g/mol. The van der Waals surface area contributed by atoms with Gasteiger partial charge in [0.15, 0.2) is 0 Å². The van der Waals surface area contributed by atoms with Gasteiger partial charge in [0.25, 0.3) is 5.91 Å². The van der Waals surface area contributed by atoms with E-state index in [4.69, 9.17) is 5.11 Å². The lowest BCUT2D eigenvalue weighted by Crippen LogP contribution is -2.30. The van der Waals surface area contributed by atoms with Crippen LogP contribution in [0.25, 0.3) is 0 Å². The second-order valence-electron chi connectivity index (χ2n) is 3.18.